The van der Waals surface area contributed by atoms with E-state index in [2.05, 4.69) is 21.3 Å². The second-order valence-corrected chi connectivity index (χ2v) is 8.63. The van der Waals surface area contributed by atoms with E-state index < -0.39 is 0 Å². The molecule has 2 aliphatic rings. The van der Waals surface area contributed by atoms with Gasteiger partial charge in [0.15, 0.2) is 0 Å². The standard InChI is InChI=1S/C27H26N4O2/c32-23-12-5-2-9-18(23)19-17-22(24-13-8-16-33-24)30-27(31-14-6-1-7-15-31)25(19)26-28-20-10-3-4-11-21(20)29-26/h2-5,8-13,16-17,19,30,32H,1,6-7,14-15H2,(H,28,29). The Morgan fingerprint density at radius 2 is 1.76 bits per heavy atom. The number of aromatic nitrogens is 2. The summed E-state index contributed by atoms with van der Waals surface area (Å²) in [4.78, 5) is 10.9. The lowest BCUT2D eigenvalue weighted by Crippen LogP contribution is -2.38. The van der Waals surface area contributed by atoms with Crippen LogP contribution in [0.1, 0.15) is 42.3 Å². The van der Waals surface area contributed by atoms with E-state index in [1.54, 1.807) is 12.3 Å². The summed E-state index contributed by atoms with van der Waals surface area (Å²) in [6.07, 6.45) is 7.36. The maximum Gasteiger partial charge on any atom is 0.149 e. The van der Waals surface area contributed by atoms with Gasteiger partial charge in [0.2, 0.25) is 0 Å². The van der Waals surface area contributed by atoms with E-state index in [1.807, 2.05) is 54.6 Å². The summed E-state index contributed by atoms with van der Waals surface area (Å²) in [5, 5.41) is 14.5. The Hall–Kier alpha value is -3.93. The molecule has 1 saturated heterocycles. The van der Waals surface area contributed by atoms with Gasteiger partial charge in [-0.25, -0.2) is 4.98 Å². The quantitative estimate of drug-likeness (QED) is 0.395. The van der Waals surface area contributed by atoms with Crippen molar-refractivity contribution < 1.29 is 9.52 Å². The number of nitrogens with zero attached hydrogens (tertiary/aromatic N) is 2. The lowest BCUT2D eigenvalue weighted by molar-refractivity contribution is 0.274. The third-order valence-corrected chi connectivity index (χ3v) is 6.53. The van der Waals surface area contributed by atoms with Gasteiger partial charge in [-0.1, -0.05) is 30.3 Å². The van der Waals surface area contributed by atoms with Gasteiger partial charge in [-0.15, -0.1) is 0 Å². The number of aromatic hydroxyl groups is 1. The van der Waals surface area contributed by atoms with Crippen LogP contribution in [-0.4, -0.2) is 33.1 Å². The minimum absolute atomic E-state index is 0.204. The van der Waals surface area contributed by atoms with Crippen LogP contribution in [0.2, 0.25) is 0 Å². The first-order valence-electron chi connectivity index (χ1n) is 11.5. The molecular formula is C27H26N4O2. The highest BCUT2D eigenvalue weighted by molar-refractivity contribution is 5.85. The molecule has 0 amide bonds. The van der Waals surface area contributed by atoms with Crippen molar-refractivity contribution in [1.29, 1.82) is 0 Å². The third kappa shape index (κ3) is 3.57. The van der Waals surface area contributed by atoms with Crippen molar-refractivity contribution in [2.75, 3.05) is 13.1 Å². The average Bonchev–Trinajstić information content (AvgIpc) is 3.54. The van der Waals surface area contributed by atoms with Crippen molar-refractivity contribution in [2.45, 2.75) is 25.2 Å². The molecule has 6 heteroatoms. The Bertz CT molecular complexity index is 1310. The average molecular weight is 439 g/mol. The summed E-state index contributed by atoms with van der Waals surface area (Å²) in [5.41, 5.74) is 4.69. The number of piperidine rings is 1. The number of nitrogens with one attached hydrogen (secondary N) is 2. The monoisotopic (exact) mass is 438 g/mol. The predicted octanol–water partition coefficient (Wildman–Crippen LogP) is 5.44. The summed E-state index contributed by atoms with van der Waals surface area (Å²) in [7, 11) is 0. The molecule has 0 saturated carbocycles. The van der Waals surface area contributed by atoms with Crippen LogP contribution < -0.4 is 5.32 Å². The van der Waals surface area contributed by atoms with Crippen LogP contribution in [0.15, 0.2) is 83.2 Å². The van der Waals surface area contributed by atoms with E-state index in [0.717, 1.165) is 71.2 Å². The number of benzene rings is 2. The van der Waals surface area contributed by atoms with Gasteiger partial charge in [0, 0.05) is 30.1 Å². The zero-order chi connectivity index (χ0) is 22.2. The van der Waals surface area contributed by atoms with E-state index in [0.29, 0.717) is 0 Å². The van der Waals surface area contributed by atoms with Crippen molar-refractivity contribution in [3.8, 4) is 5.75 Å². The highest BCUT2D eigenvalue weighted by atomic mass is 16.3. The number of furan rings is 1. The van der Waals surface area contributed by atoms with Gasteiger partial charge in [-0.05, 0) is 55.7 Å². The molecule has 33 heavy (non-hydrogen) atoms. The molecule has 1 atom stereocenters. The first kappa shape index (κ1) is 19.7. The molecule has 2 aromatic carbocycles. The van der Waals surface area contributed by atoms with Gasteiger partial charge in [0.1, 0.15) is 23.2 Å². The van der Waals surface area contributed by atoms with Crippen molar-refractivity contribution in [3.63, 3.8) is 0 Å². The molecule has 0 spiro atoms. The highest BCUT2D eigenvalue weighted by Crippen LogP contribution is 2.43. The number of aromatic amines is 1. The number of hydrogen-bond acceptors (Lipinski definition) is 5. The van der Waals surface area contributed by atoms with E-state index >= 15 is 0 Å². The third-order valence-electron chi connectivity index (χ3n) is 6.53. The Morgan fingerprint density at radius 1 is 0.939 bits per heavy atom. The topological polar surface area (TPSA) is 77.3 Å². The first-order chi connectivity index (χ1) is 16.3. The highest BCUT2D eigenvalue weighted by Gasteiger charge is 2.33. The first-order valence-corrected chi connectivity index (χ1v) is 11.5. The summed E-state index contributed by atoms with van der Waals surface area (Å²) in [6, 6.07) is 19.5. The fraction of sp³-hybridized carbons (Fsp3) is 0.222. The Kier molecular flexibility index (Phi) is 4.91. The van der Waals surface area contributed by atoms with Crippen LogP contribution in [-0.2, 0) is 0 Å². The minimum atomic E-state index is -0.204. The summed E-state index contributed by atoms with van der Waals surface area (Å²) >= 11 is 0. The lowest BCUT2D eigenvalue weighted by Gasteiger charge is -2.37. The van der Waals surface area contributed by atoms with Crippen LogP contribution in [0.4, 0.5) is 0 Å². The molecule has 2 aromatic heterocycles. The second kappa shape index (κ2) is 8.20. The number of fused-ring (bicyclic) bond motifs is 1. The molecular weight excluding hydrogens is 412 g/mol. The van der Waals surface area contributed by atoms with Gasteiger partial charge in [0.25, 0.3) is 0 Å². The second-order valence-electron chi connectivity index (χ2n) is 8.63. The Balaban J connectivity index is 1.58. The fourth-order valence-electron chi connectivity index (χ4n) is 4.91. The van der Waals surface area contributed by atoms with E-state index in [4.69, 9.17) is 9.40 Å². The maximum absolute atomic E-state index is 10.8. The van der Waals surface area contributed by atoms with Gasteiger partial charge in [-0.2, -0.15) is 0 Å². The number of hydrogen-bond donors (Lipinski definition) is 3. The molecule has 1 unspecified atom stereocenters. The molecule has 3 N–H and O–H groups in total. The molecule has 6 rings (SSSR count). The smallest absolute Gasteiger partial charge is 0.149 e. The number of dihydropyridines is 1. The molecule has 2 aliphatic heterocycles. The molecule has 0 bridgehead atoms. The Morgan fingerprint density at radius 3 is 2.55 bits per heavy atom. The number of rotatable bonds is 4. The van der Waals surface area contributed by atoms with Gasteiger partial charge >= 0.3 is 0 Å². The van der Waals surface area contributed by atoms with Crippen LogP contribution in [0.25, 0.3) is 22.3 Å². The van der Waals surface area contributed by atoms with Crippen molar-refractivity contribution in [3.05, 3.63) is 96.0 Å². The zero-order valence-electron chi connectivity index (χ0n) is 18.3. The Labute approximate surface area is 192 Å². The predicted molar refractivity (Wildman–Crippen MR) is 129 cm³/mol. The molecule has 6 nitrogen and oxygen atoms in total. The summed E-state index contributed by atoms with van der Waals surface area (Å²) in [6.45, 7) is 1.95. The minimum Gasteiger partial charge on any atom is -0.508 e. The normalized spacial score (nSPS) is 19.0. The fourth-order valence-corrected chi connectivity index (χ4v) is 4.91. The van der Waals surface area contributed by atoms with Crippen LogP contribution in [0.3, 0.4) is 0 Å². The largest absolute Gasteiger partial charge is 0.508 e. The summed E-state index contributed by atoms with van der Waals surface area (Å²) < 4.78 is 5.75. The number of likely N-dealkylation sites (tertiary alicyclic amines) is 1. The number of H-pyrrole nitrogens is 1. The lowest BCUT2D eigenvalue weighted by atomic mass is 9.86. The van der Waals surface area contributed by atoms with Crippen molar-refractivity contribution in [1.82, 2.24) is 20.2 Å². The number of phenolic OH excluding ortho intramolecular Hbond substituents is 1. The number of allylic oxidation sites excluding steroid dienone is 2. The summed E-state index contributed by atoms with van der Waals surface area (Å²) in [5.74, 6) is 2.67. The van der Waals surface area contributed by atoms with Crippen molar-refractivity contribution >= 4 is 22.3 Å². The van der Waals surface area contributed by atoms with Crippen LogP contribution in [0.5, 0.6) is 5.75 Å². The molecule has 166 valence electrons. The number of para-hydroxylation sites is 3. The number of phenols is 1. The zero-order valence-corrected chi connectivity index (χ0v) is 18.3. The molecule has 1 fully saturated rings. The molecule has 4 heterocycles. The van der Waals surface area contributed by atoms with Crippen LogP contribution in [0, 0.1) is 0 Å². The van der Waals surface area contributed by atoms with Gasteiger partial charge in [-0.3, -0.25) is 0 Å². The maximum atomic E-state index is 10.8. The van der Waals surface area contributed by atoms with Gasteiger partial charge in [0.05, 0.1) is 23.0 Å². The molecule has 0 radical (unpaired) electrons. The molecule has 0 aliphatic carbocycles. The molecule has 4 aromatic rings. The van der Waals surface area contributed by atoms with E-state index in [1.165, 1.54) is 6.42 Å². The van der Waals surface area contributed by atoms with E-state index in [9.17, 15) is 5.11 Å². The SMILES string of the molecule is Oc1ccccc1C1C=C(c2ccco2)NC(N2CCCCC2)=C1c1nc2ccccc2[nH]1. The van der Waals surface area contributed by atoms with Crippen molar-refractivity contribution in [2.24, 2.45) is 0 Å². The number of imidazole rings is 1. The van der Waals surface area contributed by atoms with Gasteiger partial charge < -0.3 is 24.7 Å². The van der Waals surface area contributed by atoms with Crippen LogP contribution >= 0.6 is 0 Å². The van der Waals surface area contributed by atoms with E-state index in [-0.39, 0.29) is 11.7 Å².